The van der Waals surface area contributed by atoms with Crippen LogP contribution in [0.15, 0.2) is 0 Å². The highest BCUT2D eigenvalue weighted by Crippen LogP contribution is 2.12. The summed E-state index contributed by atoms with van der Waals surface area (Å²) in [6.45, 7) is 6.17. The third-order valence-corrected chi connectivity index (χ3v) is 3.49. The Morgan fingerprint density at radius 1 is 0.818 bits per heavy atom. The Kier molecular flexibility index (Phi) is 11.8. The minimum Gasteiger partial charge on any atom is -0.465 e. The third-order valence-electron chi connectivity index (χ3n) is 3.49. The van der Waals surface area contributed by atoms with Crippen molar-refractivity contribution in [2.45, 2.75) is 58.7 Å². The molecule has 0 aliphatic carbocycles. The number of ether oxygens (including phenoxy) is 4. The molecule has 0 rings (SSSR count). The molecule has 0 aromatic carbocycles. The maximum absolute atomic E-state index is 12.0. The molecule has 0 spiro atoms. The largest absolute Gasteiger partial charge is 0.465 e. The lowest BCUT2D eigenvalue weighted by atomic mass is 10.0. The van der Waals surface area contributed by atoms with Gasteiger partial charge in [0.2, 0.25) is 0 Å². The van der Waals surface area contributed by atoms with Gasteiger partial charge in [0.1, 0.15) is 0 Å². The van der Waals surface area contributed by atoms with Crippen LogP contribution < -0.4 is 0 Å². The smallest absolute Gasteiger partial charge is 0.320 e. The van der Waals surface area contributed by atoms with Crippen LogP contribution >= 0.6 is 0 Å². The number of hydrogen-bond donors (Lipinski definition) is 0. The molecular weight excluding hydrogens is 288 g/mol. The van der Waals surface area contributed by atoms with E-state index in [-0.39, 0.29) is 25.4 Å². The van der Waals surface area contributed by atoms with Crippen molar-refractivity contribution in [1.29, 1.82) is 0 Å². The molecule has 0 heterocycles. The van der Waals surface area contributed by atoms with Crippen molar-refractivity contribution in [3.63, 3.8) is 0 Å². The van der Waals surface area contributed by atoms with Crippen LogP contribution in [0.3, 0.4) is 0 Å². The molecule has 22 heavy (non-hydrogen) atoms. The summed E-state index contributed by atoms with van der Waals surface area (Å²) in [7, 11) is 3.20. The molecule has 130 valence electrons. The molecule has 0 aliphatic rings. The van der Waals surface area contributed by atoms with Crippen LogP contribution in [-0.4, -0.2) is 51.6 Å². The predicted octanol–water partition coefficient (Wildman–Crippen LogP) is 2.34. The van der Waals surface area contributed by atoms with Crippen LogP contribution in [0.5, 0.6) is 0 Å². The summed E-state index contributed by atoms with van der Waals surface area (Å²) in [4.78, 5) is 24.0. The first kappa shape index (κ1) is 20.9. The molecule has 2 atom stereocenters. The van der Waals surface area contributed by atoms with E-state index < -0.39 is 17.9 Å². The Morgan fingerprint density at radius 3 is 1.55 bits per heavy atom. The van der Waals surface area contributed by atoms with E-state index in [1.807, 2.05) is 20.8 Å². The van der Waals surface area contributed by atoms with E-state index in [1.165, 1.54) is 0 Å². The zero-order valence-electron chi connectivity index (χ0n) is 14.4. The Hall–Kier alpha value is -1.14. The van der Waals surface area contributed by atoms with E-state index in [9.17, 15) is 9.59 Å². The standard InChI is InChI=1S/C16H30O6/c1-6-7-14(15(17)21-10-8-12(2)19-4)16(18)22-11-9-13(3)20-5/h12-14H,6-11H2,1-5H3. The first-order valence-electron chi connectivity index (χ1n) is 7.85. The lowest BCUT2D eigenvalue weighted by molar-refractivity contribution is -0.163. The van der Waals surface area contributed by atoms with E-state index in [0.29, 0.717) is 25.7 Å². The van der Waals surface area contributed by atoms with Gasteiger partial charge in [0.05, 0.1) is 25.4 Å². The summed E-state index contributed by atoms with van der Waals surface area (Å²) in [5, 5.41) is 0. The average molecular weight is 318 g/mol. The van der Waals surface area contributed by atoms with Gasteiger partial charge in [0, 0.05) is 27.1 Å². The van der Waals surface area contributed by atoms with Gasteiger partial charge in [0.15, 0.2) is 5.92 Å². The molecule has 0 fully saturated rings. The van der Waals surface area contributed by atoms with Gasteiger partial charge in [-0.05, 0) is 20.3 Å². The molecule has 0 saturated heterocycles. The van der Waals surface area contributed by atoms with E-state index in [2.05, 4.69) is 0 Å². The fraction of sp³-hybridized carbons (Fsp3) is 0.875. The summed E-state index contributed by atoms with van der Waals surface area (Å²) in [5.41, 5.74) is 0. The van der Waals surface area contributed by atoms with Crippen molar-refractivity contribution in [3.05, 3.63) is 0 Å². The second kappa shape index (κ2) is 12.4. The molecule has 2 unspecified atom stereocenters. The number of methoxy groups -OCH3 is 2. The SMILES string of the molecule is CCCC(C(=O)OCCC(C)OC)C(=O)OCCC(C)OC. The highest BCUT2D eigenvalue weighted by Gasteiger charge is 2.29. The Morgan fingerprint density at radius 2 is 1.23 bits per heavy atom. The quantitative estimate of drug-likeness (QED) is 0.406. The summed E-state index contributed by atoms with van der Waals surface area (Å²) in [5.74, 6) is -1.88. The van der Waals surface area contributed by atoms with Crippen LogP contribution in [-0.2, 0) is 28.5 Å². The van der Waals surface area contributed by atoms with E-state index in [1.54, 1.807) is 14.2 Å². The molecule has 0 aliphatic heterocycles. The number of hydrogen-bond acceptors (Lipinski definition) is 6. The molecule has 0 radical (unpaired) electrons. The minimum atomic E-state index is -0.847. The molecule has 0 aromatic heterocycles. The molecule has 0 amide bonds. The highest BCUT2D eigenvalue weighted by molar-refractivity contribution is 5.94. The number of carbonyl (C=O) groups excluding carboxylic acids is 2. The monoisotopic (exact) mass is 318 g/mol. The Labute approximate surface area is 133 Å². The molecule has 0 N–H and O–H groups in total. The van der Waals surface area contributed by atoms with Gasteiger partial charge >= 0.3 is 11.9 Å². The van der Waals surface area contributed by atoms with Crippen LogP contribution in [0.25, 0.3) is 0 Å². The highest BCUT2D eigenvalue weighted by atomic mass is 16.6. The summed E-state index contributed by atoms with van der Waals surface area (Å²) in [6, 6.07) is 0. The fourth-order valence-electron chi connectivity index (χ4n) is 1.71. The normalized spacial score (nSPS) is 15.0. The van der Waals surface area contributed by atoms with Crippen molar-refractivity contribution < 1.29 is 28.5 Å². The lowest BCUT2D eigenvalue weighted by Gasteiger charge is -2.16. The van der Waals surface area contributed by atoms with Gasteiger partial charge in [0.25, 0.3) is 0 Å². The third kappa shape index (κ3) is 9.00. The molecule has 6 nitrogen and oxygen atoms in total. The van der Waals surface area contributed by atoms with Crippen LogP contribution in [0.2, 0.25) is 0 Å². The van der Waals surface area contributed by atoms with Gasteiger partial charge in [-0.25, -0.2) is 0 Å². The fourth-order valence-corrected chi connectivity index (χ4v) is 1.71. The topological polar surface area (TPSA) is 71.1 Å². The number of rotatable bonds is 12. The molecule has 0 aromatic rings. The Balaban J connectivity index is 4.25. The van der Waals surface area contributed by atoms with Crippen molar-refractivity contribution in [2.24, 2.45) is 5.92 Å². The maximum atomic E-state index is 12.0. The average Bonchev–Trinajstić information content (AvgIpc) is 2.51. The van der Waals surface area contributed by atoms with Crippen LogP contribution in [0.4, 0.5) is 0 Å². The zero-order chi connectivity index (χ0) is 17.0. The van der Waals surface area contributed by atoms with E-state index >= 15 is 0 Å². The first-order valence-corrected chi connectivity index (χ1v) is 7.85. The second-order valence-electron chi connectivity index (χ2n) is 5.35. The molecule has 6 heteroatoms. The Bertz CT molecular complexity index is 290. The van der Waals surface area contributed by atoms with Gasteiger partial charge in [-0.1, -0.05) is 13.3 Å². The number of carbonyl (C=O) groups is 2. The number of esters is 2. The lowest BCUT2D eigenvalue weighted by Crippen LogP contribution is -2.29. The summed E-state index contributed by atoms with van der Waals surface area (Å²) in [6.07, 6.45) is 2.36. The second-order valence-corrected chi connectivity index (χ2v) is 5.35. The minimum absolute atomic E-state index is 0.0138. The zero-order valence-corrected chi connectivity index (χ0v) is 14.4. The van der Waals surface area contributed by atoms with Crippen molar-refractivity contribution in [2.75, 3.05) is 27.4 Å². The predicted molar refractivity (Wildman–Crippen MR) is 82.5 cm³/mol. The first-order chi connectivity index (χ1) is 10.5. The van der Waals surface area contributed by atoms with E-state index in [4.69, 9.17) is 18.9 Å². The van der Waals surface area contributed by atoms with Gasteiger partial charge in [-0.15, -0.1) is 0 Å². The maximum Gasteiger partial charge on any atom is 0.320 e. The van der Waals surface area contributed by atoms with Crippen molar-refractivity contribution in [1.82, 2.24) is 0 Å². The van der Waals surface area contributed by atoms with Gasteiger partial charge in [-0.3, -0.25) is 9.59 Å². The van der Waals surface area contributed by atoms with Crippen molar-refractivity contribution in [3.8, 4) is 0 Å². The van der Waals surface area contributed by atoms with Crippen LogP contribution in [0, 0.1) is 5.92 Å². The molecular formula is C16H30O6. The van der Waals surface area contributed by atoms with Crippen molar-refractivity contribution >= 4 is 11.9 Å². The van der Waals surface area contributed by atoms with Crippen LogP contribution in [0.1, 0.15) is 46.5 Å². The summed E-state index contributed by atoms with van der Waals surface area (Å²) >= 11 is 0. The summed E-state index contributed by atoms with van der Waals surface area (Å²) < 4.78 is 20.5. The van der Waals surface area contributed by atoms with Gasteiger partial charge < -0.3 is 18.9 Å². The molecule has 0 saturated carbocycles. The van der Waals surface area contributed by atoms with E-state index in [0.717, 1.165) is 0 Å². The van der Waals surface area contributed by atoms with Gasteiger partial charge in [-0.2, -0.15) is 0 Å². The molecule has 0 bridgehead atoms.